The van der Waals surface area contributed by atoms with Gasteiger partial charge >= 0.3 is 5.97 Å². The van der Waals surface area contributed by atoms with E-state index in [9.17, 15) is 19.8 Å². The minimum absolute atomic E-state index is 0.00770. The number of hydrogen-bond donors (Lipinski definition) is 4. The van der Waals surface area contributed by atoms with Crippen molar-refractivity contribution in [2.45, 2.75) is 44.6 Å². The van der Waals surface area contributed by atoms with E-state index >= 15 is 0 Å². The Morgan fingerprint density at radius 3 is 2.78 bits per heavy atom. The normalized spacial score (nSPS) is 23.8. The van der Waals surface area contributed by atoms with Gasteiger partial charge in [0, 0.05) is 11.4 Å². The second-order valence-corrected chi connectivity index (χ2v) is 10.7. The average molecular weight is 566 g/mol. The van der Waals surface area contributed by atoms with Crippen molar-refractivity contribution < 1.29 is 19.8 Å². The van der Waals surface area contributed by atoms with Gasteiger partial charge in [-0.3, -0.25) is 9.69 Å². The third-order valence-electron chi connectivity index (χ3n) is 7.56. The molecule has 2 aliphatic rings. The molecule has 12 heteroatoms. The van der Waals surface area contributed by atoms with Gasteiger partial charge in [0.15, 0.2) is 0 Å². The van der Waals surface area contributed by atoms with Gasteiger partial charge in [0.2, 0.25) is 5.91 Å². The van der Waals surface area contributed by atoms with Crippen LogP contribution in [-0.4, -0.2) is 64.8 Å². The van der Waals surface area contributed by atoms with Gasteiger partial charge in [0.25, 0.3) is 0 Å². The molecule has 1 saturated heterocycles. The van der Waals surface area contributed by atoms with E-state index in [2.05, 4.69) is 43.1 Å². The van der Waals surface area contributed by atoms with Gasteiger partial charge in [-0.2, -0.15) is 0 Å². The number of anilines is 2. The lowest BCUT2D eigenvalue weighted by Gasteiger charge is -2.31. The van der Waals surface area contributed by atoms with Crippen molar-refractivity contribution in [3.8, 4) is 0 Å². The summed E-state index contributed by atoms with van der Waals surface area (Å²) < 4.78 is 2.27. The topological polar surface area (TPSA) is 159 Å². The lowest BCUT2D eigenvalue weighted by molar-refractivity contribution is -0.126. The van der Waals surface area contributed by atoms with Crippen LogP contribution in [0.5, 0.6) is 0 Å². The second kappa shape index (κ2) is 8.47. The Morgan fingerprint density at radius 2 is 2.03 bits per heavy atom. The first-order valence-corrected chi connectivity index (χ1v) is 12.6. The maximum atomic E-state index is 13.3. The number of aliphatic hydroxyl groups excluding tert-OH is 1. The molecule has 1 aliphatic carbocycles. The highest BCUT2D eigenvalue weighted by molar-refractivity contribution is 9.10. The van der Waals surface area contributed by atoms with Crippen LogP contribution >= 0.6 is 15.9 Å². The zero-order valence-corrected chi connectivity index (χ0v) is 21.4. The van der Waals surface area contributed by atoms with Crippen LogP contribution in [0.25, 0.3) is 21.9 Å². The summed E-state index contributed by atoms with van der Waals surface area (Å²) in [4.78, 5) is 40.0. The molecule has 11 nitrogen and oxygen atoms in total. The summed E-state index contributed by atoms with van der Waals surface area (Å²) in [6, 6.07) is 9.62. The standard InChI is InChI=1S/C25H24BrN7O4/c1-25-8-14(23(35)31-17-7-3-6-16(26)30-17)33(15(25)9-25)18(34)10-32-20-12(4-2-5-13(20)24(36)37)19-21(27)28-11-29-22(19)32/h2-7,11,14-15,18,34H,8-10H2,1H3,(H,36,37)(H2,27,28,29)(H,30,31,35)/t14-,15+,18?,25-/m0/s1. The number of piperidine rings is 1. The number of fused-ring (bicyclic) bond motifs is 4. The largest absolute Gasteiger partial charge is 0.478 e. The number of aliphatic hydroxyl groups is 1. The van der Waals surface area contributed by atoms with Crippen molar-refractivity contribution in [3.05, 3.63) is 52.9 Å². The Labute approximate surface area is 219 Å². The SMILES string of the molecule is C[C@@]12C[C@@H](C(=O)Nc3cccc(Br)n3)N(C(O)Cn3c4ncnc(N)c4c4cccc(C(=O)O)c43)[C@@H]1C2. The number of carboxylic acid groups (broad SMARTS) is 1. The van der Waals surface area contributed by atoms with Crippen LogP contribution in [0.3, 0.4) is 0 Å². The van der Waals surface area contributed by atoms with Crippen LogP contribution in [-0.2, 0) is 11.3 Å². The Morgan fingerprint density at radius 1 is 1.24 bits per heavy atom. The summed E-state index contributed by atoms with van der Waals surface area (Å²) in [5.41, 5.74) is 6.97. The number of pyridine rings is 1. The van der Waals surface area contributed by atoms with Crippen LogP contribution in [0, 0.1) is 5.41 Å². The molecule has 3 aromatic heterocycles. The number of aromatic carboxylic acids is 1. The summed E-state index contributed by atoms with van der Waals surface area (Å²) in [6.45, 7) is 2.10. The first-order chi connectivity index (χ1) is 17.7. The lowest BCUT2D eigenvalue weighted by Crippen LogP contribution is -2.49. The molecule has 190 valence electrons. The number of aromatic nitrogens is 4. The molecule has 1 aromatic carbocycles. The van der Waals surface area contributed by atoms with Gasteiger partial charge in [0.05, 0.1) is 29.1 Å². The number of nitrogens with zero attached hydrogens (tertiary/aromatic N) is 5. The molecule has 37 heavy (non-hydrogen) atoms. The zero-order valence-electron chi connectivity index (χ0n) is 19.8. The molecule has 0 spiro atoms. The highest BCUT2D eigenvalue weighted by Crippen LogP contribution is 2.59. The lowest BCUT2D eigenvalue weighted by atomic mass is 10.0. The molecular weight excluding hydrogens is 542 g/mol. The maximum Gasteiger partial charge on any atom is 0.337 e. The van der Waals surface area contributed by atoms with Crippen molar-refractivity contribution in [1.82, 2.24) is 24.4 Å². The fraction of sp³-hybridized carbons (Fsp3) is 0.320. The van der Waals surface area contributed by atoms with Crippen molar-refractivity contribution in [1.29, 1.82) is 0 Å². The number of benzene rings is 1. The molecule has 1 amide bonds. The third-order valence-corrected chi connectivity index (χ3v) is 8.00. The Hall–Kier alpha value is -3.61. The highest BCUT2D eigenvalue weighted by atomic mass is 79.9. The van der Waals surface area contributed by atoms with E-state index in [4.69, 9.17) is 5.73 Å². The van der Waals surface area contributed by atoms with Crippen LogP contribution in [0.4, 0.5) is 11.6 Å². The van der Waals surface area contributed by atoms with Crippen LogP contribution in [0.15, 0.2) is 47.3 Å². The fourth-order valence-corrected chi connectivity index (χ4v) is 6.11. The van der Waals surface area contributed by atoms with Crippen molar-refractivity contribution in [3.63, 3.8) is 0 Å². The number of halogens is 1. The van der Waals surface area contributed by atoms with Crippen molar-refractivity contribution in [2.75, 3.05) is 11.1 Å². The van der Waals surface area contributed by atoms with Crippen molar-refractivity contribution >= 4 is 61.4 Å². The minimum Gasteiger partial charge on any atom is -0.478 e. The molecule has 1 unspecified atom stereocenters. The van der Waals surface area contributed by atoms with Gasteiger partial charge in [-0.15, -0.1) is 0 Å². The summed E-state index contributed by atoms with van der Waals surface area (Å²) in [5, 5.41) is 25.4. The second-order valence-electron chi connectivity index (χ2n) is 9.93. The van der Waals surface area contributed by atoms with Gasteiger partial charge in [-0.1, -0.05) is 25.1 Å². The summed E-state index contributed by atoms with van der Waals surface area (Å²) >= 11 is 3.31. The van der Waals surface area contributed by atoms with Gasteiger partial charge in [0.1, 0.15) is 34.4 Å². The summed E-state index contributed by atoms with van der Waals surface area (Å²) in [7, 11) is 0. The maximum absolute atomic E-state index is 13.3. The number of hydrogen-bond acceptors (Lipinski definition) is 8. The van der Waals surface area contributed by atoms with Crippen LogP contribution in [0.1, 0.15) is 30.1 Å². The summed E-state index contributed by atoms with van der Waals surface area (Å²) in [6.07, 6.45) is 1.69. The predicted octanol–water partition coefficient (Wildman–Crippen LogP) is 2.83. The molecule has 4 aromatic rings. The zero-order chi connectivity index (χ0) is 26.1. The van der Waals surface area contributed by atoms with E-state index in [1.807, 2.05) is 4.90 Å². The molecular formula is C25H24BrN7O4. The van der Waals surface area contributed by atoms with E-state index < -0.39 is 18.2 Å². The number of likely N-dealkylation sites (tertiary alicyclic amines) is 1. The molecule has 4 atom stereocenters. The van der Waals surface area contributed by atoms with Gasteiger partial charge in [-0.25, -0.2) is 19.7 Å². The highest BCUT2D eigenvalue weighted by Gasteiger charge is 2.64. The van der Waals surface area contributed by atoms with E-state index in [1.54, 1.807) is 34.9 Å². The third kappa shape index (κ3) is 3.83. The quantitative estimate of drug-likeness (QED) is 0.258. The number of para-hydroxylation sites is 1. The van der Waals surface area contributed by atoms with E-state index in [0.717, 1.165) is 6.42 Å². The van der Waals surface area contributed by atoms with E-state index in [1.165, 1.54) is 12.4 Å². The fourth-order valence-electron chi connectivity index (χ4n) is 5.77. The number of nitrogen functional groups attached to an aromatic ring is 1. The number of amides is 1. The first kappa shape index (κ1) is 23.8. The van der Waals surface area contributed by atoms with Gasteiger partial charge in [-0.05, 0) is 52.4 Å². The molecule has 1 saturated carbocycles. The Kier molecular flexibility index (Phi) is 5.44. The number of carboxylic acids is 1. The smallest absolute Gasteiger partial charge is 0.337 e. The first-order valence-electron chi connectivity index (χ1n) is 11.8. The number of carbonyl (C=O) groups excluding carboxylic acids is 1. The Bertz CT molecular complexity index is 1590. The van der Waals surface area contributed by atoms with E-state index in [0.29, 0.717) is 38.8 Å². The van der Waals surface area contributed by atoms with Crippen LogP contribution in [0.2, 0.25) is 0 Å². The van der Waals surface area contributed by atoms with Crippen molar-refractivity contribution in [2.24, 2.45) is 5.41 Å². The monoisotopic (exact) mass is 565 g/mol. The average Bonchev–Trinajstić information content (AvgIpc) is 3.25. The van der Waals surface area contributed by atoms with Gasteiger partial charge < -0.3 is 25.8 Å². The molecule has 1 aliphatic heterocycles. The molecule has 4 heterocycles. The molecule has 0 bridgehead atoms. The molecule has 2 fully saturated rings. The minimum atomic E-state index is -1.11. The molecule has 6 rings (SSSR count). The van der Waals surface area contributed by atoms with Crippen LogP contribution < -0.4 is 11.1 Å². The Balaban J connectivity index is 1.38. The molecule has 5 N–H and O–H groups in total. The number of nitrogens with two attached hydrogens (primary N) is 1. The number of rotatable bonds is 6. The van der Waals surface area contributed by atoms with E-state index in [-0.39, 0.29) is 35.3 Å². The number of nitrogens with one attached hydrogen (secondary N) is 1. The number of carbonyl (C=O) groups is 2. The molecule has 0 radical (unpaired) electrons. The summed E-state index contributed by atoms with van der Waals surface area (Å²) in [5.74, 6) is -0.718. The predicted molar refractivity (Wildman–Crippen MR) is 140 cm³/mol.